The van der Waals surface area contributed by atoms with Crippen molar-refractivity contribution in [2.45, 2.75) is 45.3 Å². The van der Waals surface area contributed by atoms with Crippen LogP contribution in [0, 0.1) is 5.92 Å². The molecule has 0 spiro atoms. The van der Waals surface area contributed by atoms with E-state index in [-0.39, 0.29) is 5.92 Å². The lowest BCUT2D eigenvalue weighted by molar-refractivity contribution is -0.142. The summed E-state index contributed by atoms with van der Waals surface area (Å²) < 4.78 is 5.31. The smallest absolute Gasteiger partial charge is 0.411 e. The topological polar surface area (TPSA) is 79.7 Å². The van der Waals surface area contributed by atoms with E-state index in [1.807, 2.05) is 12.1 Å². The number of ether oxygens (including phenoxy) is 1. The molecule has 0 aromatic carbocycles. The van der Waals surface area contributed by atoms with E-state index in [2.05, 4.69) is 4.98 Å². The number of hydrogen-bond acceptors (Lipinski definition) is 4. The second-order valence-corrected chi connectivity index (χ2v) is 6.65. The Morgan fingerprint density at radius 1 is 1.36 bits per heavy atom. The third kappa shape index (κ3) is 4.19. The lowest BCUT2D eigenvalue weighted by atomic mass is 9.97. The Labute approximate surface area is 130 Å². The highest BCUT2D eigenvalue weighted by atomic mass is 16.6. The van der Waals surface area contributed by atoms with Gasteiger partial charge in [-0.1, -0.05) is 0 Å². The van der Waals surface area contributed by atoms with Crippen molar-refractivity contribution in [2.24, 2.45) is 5.92 Å². The molecular formula is C16H22N2O4. The van der Waals surface area contributed by atoms with Crippen LogP contribution in [0.4, 0.5) is 4.79 Å². The van der Waals surface area contributed by atoms with Gasteiger partial charge < -0.3 is 9.84 Å². The van der Waals surface area contributed by atoms with Crippen LogP contribution in [0.5, 0.6) is 0 Å². The molecule has 1 fully saturated rings. The predicted molar refractivity (Wildman–Crippen MR) is 80.4 cm³/mol. The summed E-state index contributed by atoms with van der Waals surface area (Å²) in [6.45, 7) is 5.70. The molecule has 1 N–H and O–H groups in total. The molecule has 0 saturated carbocycles. The van der Waals surface area contributed by atoms with Crippen LogP contribution in [-0.2, 0) is 16.0 Å². The van der Waals surface area contributed by atoms with Crippen LogP contribution in [-0.4, -0.2) is 45.2 Å². The van der Waals surface area contributed by atoms with Gasteiger partial charge in [-0.2, -0.15) is 0 Å². The average Bonchev–Trinajstić information content (AvgIpc) is 2.82. The molecule has 2 atom stereocenters. The van der Waals surface area contributed by atoms with E-state index >= 15 is 0 Å². The van der Waals surface area contributed by atoms with Gasteiger partial charge in [0.2, 0.25) is 0 Å². The first kappa shape index (κ1) is 16.3. The maximum absolute atomic E-state index is 12.2. The molecule has 0 bridgehead atoms. The van der Waals surface area contributed by atoms with E-state index in [1.165, 1.54) is 4.90 Å². The molecule has 1 amide bonds. The number of carbonyl (C=O) groups excluding carboxylic acids is 1. The second-order valence-electron chi connectivity index (χ2n) is 6.65. The van der Waals surface area contributed by atoms with Gasteiger partial charge >= 0.3 is 12.1 Å². The highest BCUT2D eigenvalue weighted by molar-refractivity contribution is 5.81. The standard InChI is InChI=1S/C16H22N2O4/c1-16(2,3)22-15(21)18-10-12(9-13(18)14(19)20)8-11-4-6-17-7-5-11/h4-7,12-13H,8-10H2,1-3H3,(H,19,20)/t12?,13-/m1/s1. The van der Waals surface area contributed by atoms with Crippen molar-refractivity contribution >= 4 is 12.1 Å². The monoisotopic (exact) mass is 306 g/mol. The second kappa shape index (κ2) is 6.34. The Morgan fingerprint density at radius 2 is 2.00 bits per heavy atom. The maximum Gasteiger partial charge on any atom is 0.411 e. The maximum atomic E-state index is 12.2. The molecule has 0 radical (unpaired) electrons. The lowest BCUT2D eigenvalue weighted by Crippen LogP contribution is -2.43. The third-order valence-corrected chi connectivity index (χ3v) is 3.57. The Kier molecular flexibility index (Phi) is 4.68. The van der Waals surface area contributed by atoms with Gasteiger partial charge in [0.1, 0.15) is 11.6 Å². The molecule has 1 aliphatic heterocycles. The van der Waals surface area contributed by atoms with Gasteiger partial charge in [0.25, 0.3) is 0 Å². The van der Waals surface area contributed by atoms with Crippen molar-refractivity contribution in [2.75, 3.05) is 6.54 Å². The van der Waals surface area contributed by atoms with Gasteiger partial charge in [0.15, 0.2) is 0 Å². The minimum absolute atomic E-state index is 0.107. The summed E-state index contributed by atoms with van der Waals surface area (Å²) in [6.07, 6.45) is 4.04. The number of pyridine rings is 1. The Hall–Kier alpha value is -2.11. The van der Waals surface area contributed by atoms with Crippen molar-refractivity contribution in [1.29, 1.82) is 0 Å². The number of aliphatic carboxylic acids is 1. The molecule has 22 heavy (non-hydrogen) atoms. The normalized spacial score (nSPS) is 21.7. The average molecular weight is 306 g/mol. The molecule has 6 heteroatoms. The van der Waals surface area contributed by atoms with Gasteiger partial charge in [0.05, 0.1) is 0 Å². The Bertz CT molecular complexity index is 539. The molecule has 1 aliphatic rings. The zero-order valence-corrected chi connectivity index (χ0v) is 13.2. The van der Waals surface area contributed by atoms with Gasteiger partial charge in [-0.3, -0.25) is 9.88 Å². The molecule has 1 saturated heterocycles. The SMILES string of the molecule is CC(C)(C)OC(=O)N1CC(Cc2ccncc2)C[C@@H]1C(=O)O. The lowest BCUT2D eigenvalue weighted by Gasteiger charge is -2.26. The molecule has 1 aromatic rings. The number of carboxylic acids is 1. The first-order valence-corrected chi connectivity index (χ1v) is 7.37. The van der Waals surface area contributed by atoms with Crippen LogP contribution in [0.2, 0.25) is 0 Å². The van der Waals surface area contributed by atoms with Crippen LogP contribution < -0.4 is 0 Å². The number of nitrogens with zero attached hydrogens (tertiary/aromatic N) is 2. The van der Waals surface area contributed by atoms with E-state index in [0.29, 0.717) is 13.0 Å². The van der Waals surface area contributed by atoms with Crippen molar-refractivity contribution in [3.05, 3.63) is 30.1 Å². The van der Waals surface area contributed by atoms with Gasteiger partial charge in [-0.25, -0.2) is 9.59 Å². The van der Waals surface area contributed by atoms with Gasteiger partial charge in [-0.15, -0.1) is 0 Å². The fourth-order valence-corrected chi connectivity index (χ4v) is 2.68. The van der Waals surface area contributed by atoms with E-state index in [0.717, 1.165) is 12.0 Å². The predicted octanol–water partition coefficient (Wildman–Crippen LogP) is 2.33. The highest BCUT2D eigenvalue weighted by Crippen LogP contribution is 2.28. The quantitative estimate of drug-likeness (QED) is 0.927. The third-order valence-electron chi connectivity index (χ3n) is 3.57. The molecule has 2 heterocycles. The van der Waals surface area contributed by atoms with Crippen LogP contribution >= 0.6 is 0 Å². The zero-order valence-electron chi connectivity index (χ0n) is 13.2. The van der Waals surface area contributed by atoms with Crippen molar-refractivity contribution in [3.63, 3.8) is 0 Å². The van der Waals surface area contributed by atoms with E-state index in [9.17, 15) is 14.7 Å². The van der Waals surface area contributed by atoms with Crippen molar-refractivity contribution in [1.82, 2.24) is 9.88 Å². The number of carboxylic acid groups (broad SMARTS) is 1. The van der Waals surface area contributed by atoms with Crippen LogP contribution in [0.3, 0.4) is 0 Å². The molecule has 1 aromatic heterocycles. The molecule has 1 unspecified atom stereocenters. The zero-order chi connectivity index (χ0) is 16.3. The molecular weight excluding hydrogens is 284 g/mol. The fraction of sp³-hybridized carbons (Fsp3) is 0.562. The first-order valence-electron chi connectivity index (χ1n) is 7.37. The van der Waals surface area contributed by atoms with Crippen LogP contribution in [0.1, 0.15) is 32.8 Å². The van der Waals surface area contributed by atoms with E-state index < -0.39 is 23.7 Å². The summed E-state index contributed by atoms with van der Waals surface area (Å²) in [4.78, 5) is 28.9. The summed E-state index contributed by atoms with van der Waals surface area (Å²) in [7, 11) is 0. The van der Waals surface area contributed by atoms with Gasteiger partial charge in [-0.05, 0) is 57.2 Å². The number of hydrogen-bond donors (Lipinski definition) is 1. The summed E-state index contributed by atoms with van der Waals surface area (Å²) in [5, 5.41) is 9.36. The molecule has 6 nitrogen and oxygen atoms in total. The minimum atomic E-state index is -0.983. The molecule has 120 valence electrons. The summed E-state index contributed by atoms with van der Waals surface area (Å²) in [6, 6.07) is 3.00. The van der Waals surface area contributed by atoms with E-state index in [1.54, 1.807) is 33.2 Å². The van der Waals surface area contributed by atoms with Crippen molar-refractivity contribution < 1.29 is 19.4 Å². The molecule has 2 rings (SSSR count). The van der Waals surface area contributed by atoms with Gasteiger partial charge in [0, 0.05) is 18.9 Å². The largest absolute Gasteiger partial charge is 0.480 e. The number of rotatable bonds is 3. The number of amides is 1. The fourth-order valence-electron chi connectivity index (χ4n) is 2.68. The number of likely N-dealkylation sites (tertiary alicyclic amines) is 1. The highest BCUT2D eigenvalue weighted by Gasteiger charge is 2.41. The number of carbonyl (C=O) groups is 2. The Balaban J connectivity index is 2.06. The van der Waals surface area contributed by atoms with E-state index in [4.69, 9.17) is 4.74 Å². The van der Waals surface area contributed by atoms with Crippen LogP contribution in [0.15, 0.2) is 24.5 Å². The summed E-state index contributed by atoms with van der Waals surface area (Å²) in [5.74, 6) is -0.876. The first-order chi connectivity index (χ1) is 10.3. The van der Waals surface area contributed by atoms with Crippen molar-refractivity contribution in [3.8, 4) is 0 Å². The molecule has 0 aliphatic carbocycles. The summed E-state index contributed by atoms with van der Waals surface area (Å²) >= 11 is 0. The minimum Gasteiger partial charge on any atom is -0.480 e. The van der Waals surface area contributed by atoms with Crippen LogP contribution in [0.25, 0.3) is 0 Å². The number of aromatic nitrogens is 1. The Morgan fingerprint density at radius 3 is 2.55 bits per heavy atom. The summed E-state index contributed by atoms with van der Waals surface area (Å²) in [5.41, 5.74) is 0.457.